The summed E-state index contributed by atoms with van der Waals surface area (Å²) in [5, 5.41) is 2.79. The van der Waals surface area contributed by atoms with Crippen molar-refractivity contribution < 1.29 is 13.2 Å². The molecular weight excluding hydrogens is 370 g/mol. The number of pyridine rings is 1. The van der Waals surface area contributed by atoms with Gasteiger partial charge in [-0.1, -0.05) is 24.3 Å². The molecule has 0 bridgehead atoms. The highest BCUT2D eigenvalue weighted by Crippen LogP contribution is 2.20. The highest BCUT2D eigenvalue weighted by atomic mass is 32.2. The predicted molar refractivity (Wildman–Crippen MR) is 98.2 cm³/mol. The summed E-state index contributed by atoms with van der Waals surface area (Å²) >= 11 is 0. The number of amides is 1. The Morgan fingerprint density at radius 2 is 1.93 bits per heavy atom. The maximum Gasteiger partial charge on any atom is 0.280 e. The summed E-state index contributed by atoms with van der Waals surface area (Å²) in [4.78, 5) is 31.7. The zero-order chi connectivity index (χ0) is 19.6. The summed E-state index contributed by atoms with van der Waals surface area (Å²) in [5.41, 5.74) is 1.20. The summed E-state index contributed by atoms with van der Waals surface area (Å²) in [7, 11) is -3.68. The van der Waals surface area contributed by atoms with Crippen molar-refractivity contribution in [1.29, 1.82) is 0 Å². The third-order valence-electron chi connectivity index (χ3n) is 3.60. The molecular formula is C17H13N5O4S. The van der Waals surface area contributed by atoms with Crippen molar-refractivity contribution in [2.24, 2.45) is 0 Å². The molecule has 1 amide bonds. The van der Waals surface area contributed by atoms with Crippen molar-refractivity contribution in [3.63, 3.8) is 0 Å². The molecule has 10 heteroatoms. The largest absolute Gasteiger partial charge is 0.296 e. The van der Waals surface area contributed by atoms with E-state index in [1.54, 1.807) is 24.3 Å². The molecule has 0 aliphatic heterocycles. The molecule has 2 N–H and O–H groups in total. The minimum Gasteiger partial charge on any atom is -0.296 e. The number of benzene rings is 1. The topological polar surface area (TPSA) is 118 Å². The van der Waals surface area contributed by atoms with Gasteiger partial charge in [-0.2, -0.15) is 0 Å². The Morgan fingerprint density at radius 3 is 2.48 bits per heavy atom. The van der Waals surface area contributed by atoms with Crippen LogP contribution in [0, 0.1) is 6.57 Å². The summed E-state index contributed by atoms with van der Waals surface area (Å²) in [6.45, 7) is 6.96. The molecule has 136 valence electrons. The molecule has 9 nitrogen and oxygen atoms in total. The fourth-order valence-corrected chi connectivity index (χ4v) is 2.80. The number of nitrogens with zero attached hydrogens (tertiary/aromatic N) is 3. The Hall–Kier alpha value is -3.71. The highest BCUT2D eigenvalue weighted by molar-refractivity contribution is 7.89. The first-order valence-corrected chi connectivity index (χ1v) is 9.44. The van der Waals surface area contributed by atoms with Gasteiger partial charge in [0.05, 0.1) is 24.0 Å². The zero-order valence-corrected chi connectivity index (χ0v) is 14.8. The molecule has 2 heterocycles. The average molecular weight is 383 g/mol. The van der Waals surface area contributed by atoms with Crippen molar-refractivity contribution in [3.05, 3.63) is 76.1 Å². The molecule has 0 aliphatic rings. The van der Waals surface area contributed by atoms with E-state index in [4.69, 9.17) is 6.57 Å². The first-order chi connectivity index (χ1) is 12.8. The van der Waals surface area contributed by atoms with E-state index in [0.29, 0.717) is 16.8 Å². The number of aromatic amines is 1. The van der Waals surface area contributed by atoms with Gasteiger partial charge in [-0.05, 0) is 17.7 Å². The summed E-state index contributed by atoms with van der Waals surface area (Å²) in [6, 6.07) is 9.36. The molecule has 0 saturated carbocycles. The van der Waals surface area contributed by atoms with Gasteiger partial charge in [-0.25, -0.2) is 27.7 Å². The minimum atomic E-state index is -3.68. The molecule has 0 fully saturated rings. The Labute approximate surface area is 154 Å². The Bertz CT molecular complexity index is 1200. The van der Waals surface area contributed by atoms with Crippen LogP contribution in [0.3, 0.4) is 0 Å². The first kappa shape index (κ1) is 18.1. The Balaban J connectivity index is 1.89. The van der Waals surface area contributed by atoms with E-state index in [9.17, 15) is 18.0 Å². The zero-order valence-electron chi connectivity index (χ0n) is 14.0. The third-order valence-corrected chi connectivity index (χ3v) is 4.15. The SMILES string of the molecule is [C-]#[N+]c1ccc(-c2c[nH]n(-c3ccc(C(=O)NS(C)(=O)=O)cn3)c2=O)cc1. The van der Waals surface area contributed by atoms with Gasteiger partial charge in [-0.15, -0.1) is 0 Å². The standard InChI is InChI=1S/C17H13N5O4S/c1-18-13-6-3-11(4-7-13)14-10-20-22(17(14)24)15-8-5-12(9-19-15)16(23)21-27(2,25)26/h3-10,20H,2H3,(H,21,23). The predicted octanol–water partition coefficient (Wildman–Crippen LogP) is 1.47. The normalized spacial score (nSPS) is 11.0. The number of rotatable bonds is 4. The number of carbonyl (C=O) groups is 1. The number of H-pyrrole nitrogens is 1. The van der Waals surface area contributed by atoms with E-state index in [1.165, 1.54) is 29.2 Å². The van der Waals surface area contributed by atoms with Gasteiger partial charge in [0.25, 0.3) is 11.5 Å². The second kappa shape index (κ2) is 6.89. The van der Waals surface area contributed by atoms with Crippen molar-refractivity contribution in [3.8, 4) is 16.9 Å². The van der Waals surface area contributed by atoms with Gasteiger partial charge in [0, 0.05) is 12.4 Å². The quantitative estimate of drug-likeness (QED) is 0.662. The summed E-state index contributed by atoms with van der Waals surface area (Å²) in [5.74, 6) is -0.573. The Morgan fingerprint density at radius 1 is 1.22 bits per heavy atom. The van der Waals surface area contributed by atoms with E-state index in [1.807, 2.05) is 4.72 Å². The first-order valence-electron chi connectivity index (χ1n) is 7.55. The molecule has 3 rings (SSSR count). The smallest absolute Gasteiger partial charge is 0.280 e. The number of hydrogen-bond donors (Lipinski definition) is 2. The molecule has 0 atom stereocenters. The van der Waals surface area contributed by atoms with Gasteiger partial charge < -0.3 is 0 Å². The third kappa shape index (κ3) is 3.94. The van der Waals surface area contributed by atoms with Crippen LogP contribution in [0.1, 0.15) is 10.4 Å². The van der Waals surface area contributed by atoms with Crippen LogP contribution in [0.25, 0.3) is 21.8 Å². The van der Waals surface area contributed by atoms with E-state index in [2.05, 4.69) is 14.9 Å². The average Bonchev–Trinajstić information content (AvgIpc) is 3.02. The van der Waals surface area contributed by atoms with Crippen molar-refractivity contribution in [1.82, 2.24) is 19.5 Å². The van der Waals surface area contributed by atoms with Crippen LogP contribution in [0.4, 0.5) is 5.69 Å². The van der Waals surface area contributed by atoms with E-state index >= 15 is 0 Å². The molecule has 0 saturated heterocycles. The van der Waals surface area contributed by atoms with Gasteiger partial charge in [0.1, 0.15) is 0 Å². The number of carbonyl (C=O) groups excluding carboxylic acids is 1. The van der Waals surface area contributed by atoms with Crippen LogP contribution in [-0.2, 0) is 10.0 Å². The van der Waals surface area contributed by atoms with Crippen molar-refractivity contribution >= 4 is 21.6 Å². The fourth-order valence-electron chi connectivity index (χ4n) is 2.34. The minimum absolute atomic E-state index is 0.0405. The van der Waals surface area contributed by atoms with Gasteiger partial charge >= 0.3 is 0 Å². The van der Waals surface area contributed by atoms with E-state index < -0.39 is 15.9 Å². The second-order valence-electron chi connectivity index (χ2n) is 5.59. The van der Waals surface area contributed by atoms with Crippen LogP contribution in [0.5, 0.6) is 0 Å². The lowest BCUT2D eigenvalue weighted by Gasteiger charge is -2.04. The maximum atomic E-state index is 12.6. The maximum absolute atomic E-state index is 12.6. The van der Waals surface area contributed by atoms with Crippen molar-refractivity contribution in [2.45, 2.75) is 0 Å². The van der Waals surface area contributed by atoms with Gasteiger partial charge in [0.15, 0.2) is 11.5 Å². The molecule has 0 radical (unpaired) electrons. The van der Waals surface area contributed by atoms with Crippen LogP contribution in [0.2, 0.25) is 0 Å². The Kier molecular flexibility index (Phi) is 4.62. The molecule has 3 aromatic rings. The molecule has 2 aromatic heterocycles. The van der Waals surface area contributed by atoms with E-state index in [0.717, 1.165) is 6.26 Å². The molecule has 0 spiro atoms. The molecule has 0 unspecified atom stereocenters. The number of hydrogen-bond acceptors (Lipinski definition) is 5. The fraction of sp³-hybridized carbons (Fsp3) is 0.0588. The van der Waals surface area contributed by atoms with E-state index in [-0.39, 0.29) is 16.9 Å². The summed E-state index contributed by atoms with van der Waals surface area (Å²) < 4.78 is 25.2. The van der Waals surface area contributed by atoms with Crippen LogP contribution in [0.15, 0.2) is 53.6 Å². The van der Waals surface area contributed by atoms with Crippen molar-refractivity contribution in [2.75, 3.05) is 6.26 Å². The van der Waals surface area contributed by atoms with Gasteiger partial charge in [-0.3, -0.25) is 14.7 Å². The van der Waals surface area contributed by atoms with Crippen LogP contribution < -0.4 is 10.3 Å². The molecule has 0 aliphatic carbocycles. The molecule has 1 aromatic carbocycles. The highest BCUT2D eigenvalue weighted by Gasteiger charge is 2.14. The van der Waals surface area contributed by atoms with Crippen LogP contribution >= 0.6 is 0 Å². The monoisotopic (exact) mass is 383 g/mol. The lowest BCUT2D eigenvalue weighted by atomic mass is 10.1. The number of sulfonamides is 1. The van der Waals surface area contributed by atoms with Crippen LogP contribution in [-0.4, -0.2) is 35.3 Å². The van der Waals surface area contributed by atoms with Gasteiger partial charge in [0.2, 0.25) is 10.0 Å². The lowest BCUT2D eigenvalue weighted by molar-refractivity contribution is 0.0981. The number of aromatic nitrogens is 3. The lowest BCUT2D eigenvalue weighted by Crippen LogP contribution is -2.29. The summed E-state index contributed by atoms with van der Waals surface area (Å²) in [6.07, 6.45) is 3.56. The second-order valence-corrected chi connectivity index (χ2v) is 7.34. The molecule has 27 heavy (non-hydrogen) atoms. The number of nitrogens with one attached hydrogen (secondary N) is 2.